The molecule has 0 fully saturated rings. The van der Waals surface area contributed by atoms with E-state index in [0.717, 1.165) is 6.54 Å². The van der Waals surface area contributed by atoms with Gasteiger partial charge < -0.3 is 5.32 Å². The van der Waals surface area contributed by atoms with E-state index in [4.69, 9.17) is 0 Å². The van der Waals surface area contributed by atoms with Gasteiger partial charge in [0, 0.05) is 22.2 Å². The van der Waals surface area contributed by atoms with Crippen molar-refractivity contribution in [3.8, 4) is 0 Å². The summed E-state index contributed by atoms with van der Waals surface area (Å²) in [7, 11) is 0. The van der Waals surface area contributed by atoms with Crippen LogP contribution >= 0.6 is 11.3 Å². The number of aryl methyl sites for hydroxylation is 1. The van der Waals surface area contributed by atoms with Gasteiger partial charge in [0.05, 0.1) is 0 Å². The first kappa shape index (κ1) is 10.7. The van der Waals surface area contributed by atoms with Gasteiger partial charge in [-0.1, -0.05) is 32.0 Å². The normalized spacial score (nSPS) is 11.5. The molecule has 1 aromatic heterocycles. The summed E-state index contributed by atoms with van der Waals surface area (Å²) >= 11 is 1.90. The third-order valence-electron chi connectivity index (χ3n) is 2.48. The Kier molecular flexibility index (Phi) is 3.08. The quantitative estimate of drug-likeness (QED) is 0.830. The average molecular weight is 219 g/mol. The lowest BCUT2D eigenvalue weighted by Crippen LogP contribution is -2.21. The molecule has 0 amide bonds. The standard InChI is InChI=1S/C13H17NS/c1-9(2)14-8-12-7-11-6-4-5-10(3)13(11)15-12/h4-7,9,14H,8H2,1-3H3. The van der Waals surface area contributed by atoms with Gasteiger partial charge in [-0.3, -0.25) is 0 Å². The second kappa shape index (κ2) is 4.33. The van der Waals surface area contributed by atoms with E-state index in [2.05, 4.69) is 50.4 Å². The van der Waals surface area contributed by atoms with Crippen LogP contribution in [0.3, 0.4) is 0 Å². The SMILES string of the molecule is Cc1cccc2cc(CNC(C)C)sc12. The molecular formula is C13H17NS. The van der Waals surface area contributed by atoms with E-state index >= 15 is 0 Å². The summed E-state index contributed by atoms with van der Waals surface area (Å²) in [5.41, 5.74) is 1.38. The zero-order valence-electron chi connectivity index (χ0n) is 9.50. The van der Waals surface area contributed by atoms with Crippen molar-refractivity contribution >= 4 is 21.4 Å². The minimum atomic E-state index is 0.552. The average Bonchev–Trinajstić information content (AvgIpc) is 2.59. The molecule has 0 radical (unpaired) electrons. The Balaban J connectivity index is 2.27. The Morgan fingerprint density at radius 3 is 2.80 bits per heavy atom. The first-order valence-electron chi connectivity index (χ1n) is 5.38. The van der Waals surface area contributed by atoms with Crippen LogP contribution in [-0.2, 0) is 6.54 Å². The minimum absolute atomic E-state index is 0.552. The number of rotatable bonds is 3. The highest BCUT2D eigenvalue weighted by molar-refractivity contribution is 7.19. The van der Waals surface area contributed by atoms with Crippen molar-refractivity contribution in [2.24, 2.45) is 0 Å². The van der Waals surface area contributed by atoms with E-state index in [1.165, 1.54) is 20.5 Å². The monoisotopic (exact) mass is 219 g/mol. The Bertz CT molecular complexity index is 457. The van der Waals surface area contributed by atoms with E-state index in [1.54, 1.807) is 0 Å². The maximum Gasteiger partial charge on any atom is 0.0375 e. The molecule has 0 spiro atoms. The summed E-state index contributed by atoms with van der Waals surface area (Å²) < 4.78 is 1.43. The third-order valence-corrected chi connectivity index (χ3v) is 3.76. The molecule has 2 aromatic rings. The fraction of sp³-hybridized carbons (Fsp3) is 0.385. The van der Waals surface area contributed by atoms with Crippen molar-refractivity contribution in [2.75, 3.05) is 0 Å². The van der Waals surface area contributed by atoms with Gasteiger partial charge in [0.2, 0.25) is 0 Å². The Morgan fingerprint density at radius 1 is 1.33 bits per heavy atom. The zero-order valence-corrected chi connectivity index (χ0v) is 10.3. The smallest absolute Gasteiger partial charge is 0.0375 e. The van der Waals surface area contributed by atoms with Crippen LogP contribution in [0.2, 0.25) is 0 Å². The van der Waals surface area contributed by atoms with Gasteiger partial charge in [-0.25, -0.2) is 0 Å². The molecule has 1 nitrogen and oxygen atoms in total. The van der Waals surface area contributed by atoms with Crippen molar-refractivity contribution in [3.05, 3.63) is 34.7 Å². The summed E-state index contributed by atoms with van der Waals surface area (Å²) in [6, 6.07) is 9.35. The van der Waals surface area contributed by atoms with E-state index in [0.29, 0.717) is 6.04 Å². The lowest BCUT2D eigenvalue weighted by Gasteiger charge is -2.04. The first-order valence-corrected chi connectivity index (χ1v) is 6.20. The fourth-order valence-corrected chi connectivity index (χ4v) is 2.73. The maximum absolute atomic E-state index is 3.45. The second-order valence-electron chi connectivity index (χ2n) is 4.24. The first-order chi connectivity index (χ1) is 7.16. The topological polar surface area (TPSA) is 12.0 Å². The number of hydrogen-bond donors (Lipinski definition) is 1. The Morgan fingerprint density at radius 2 is 2.13 bits per heavy atom. The molecular weight excluding hydrogens is 202 g/mol. The highest BCUT2D eigenvalue weighted by Crippen LogP contribution is 2.28. The molecule has 1 aromatic carbocycles. The maximum atomic E-state index is 3.45. The summed E-state index contributed by atoms with van der Waals surface area (Å²) in [6.45, 7) is 7.52. The molecule has 1 heterocycles. The molecule has 0 saturated heterocycles. The summed E-state index contributed by atoms with van der Waals surface area (Å²) in [6.07, 6.45) is 0. The van der Waals surface area contributed by atoms with Crippen LogP contribution in [0.5, 0.6) is 0 Å². The molecule has 0 atom stereocenters. The van der Waals surface area contributed by atoms with E-state index < -0.39 is 0 Å². The Hall–Kier alpha value is -0.860. The van der Waals surface area contributed by atoms with Gasteiger partial charge in [0.15, 0.2) is 0 Å². The van der Waals surface area contributed by atoms with Crippen LogP contribution in [0.25, 0.3) is 10.1 Å². The molecule has 0 aliphatic rings. The number of fused-ring (bicyclic) bond motifs is 1. The van der Waals surface area contributed by atoms with Crippen LogP contribution < -0.4 is 5.32 Å². The van der Waals surface area contributed by atoms with Crippen LogP contribution in [0.1, 0.15) is 24.3 Å². The Labute approximate surface area is 95.1 Å². The van der Waals surface area contributed by atoms with Crippen molar-refractivity contribution in [2.45, 2.75) is 33.4 Å². The van der Waals surface area contributed by atoms with E-state index in [9.17, 15) is 0 Å². The zero-order chi connectivity index (χ0) is 10.8. The van der Waals surface area contributed by atoms with Crippen LogP contribution in [-0.4, -0.2) is 6.04 Å². The summed E-state index contributed by atoms with van der Waals surface area (Å²) in [4.78, 5) is 1.42. The number of nitrogens with one attached hydrogen (secondary N) is 1. The molecule has 0 unspecified atom stereocenters. The molecule has 0 bridgehead atoms. The van der Waals surface area contributed by atoms with Crippen molar-refractivity contribution < 1.29 is 0 Å². The molecule has 0 saturated carbocycles. The second-order valence-corrected chi connectivity index (χ2v) is 5.38. The number of thiophene rings is 1. The molecule has 2 heteroatoms. The largest absolute Gasteiger partial charge is 0.310 e. The van der Waals surface area contributed by atoms with Gasteiger partial charge in [0.1, 0.15) is 0 Å². The van der Waals surface area contributed by atoms with Gasteiger partial charge in [-0.05, 0) is 23.9 Å². The molecule has 0 aliphatic carbocycles. The summed E-state index contributed by atoms with van der Waals surface area (Å²) in [5, 5.41) is 4.83. The highest BCUT2D eigenvalue weighted by atomic mass is 32.1. The predicted octanol–water partition coefficient (Wildman–Crippen LogP) is 3.71. The van der Waals surface area contributed by atoms with Gasteiger partial charge in [-0.15, -0.1) is 11.3 Å². The van der Waals surface area contributed by atoms with Gasteiger partial charge in [-0.2, -0.15) is 0 Å². The van der Waals surface area contributed by atoms with E-state index in [1.807, 2.05) is 11.3 Å². The summed E-state index contributed by atoms with van der Waals surface area (Å²) in [5.74, 6) is 0. The predicted molar refractivity (Wildman–Crippen MR) is 68.5 cm³/mol. The molecule has 0 aliphatic heterocycles. The van der Waals surface area contributed by atoms with Gasteiger partial charge >= 0.3 is 0 Å². The third kappa shape index (κ3) is 2.39. The van der Waals surface area contributed by atoms with E-state index in [-0.39, 0.29) is 0 Å². The van der Waals surface area contributed by atoms with Crippen LogP contribution in [0, 0.1) is 6.92 Å². The number of hydrogen-bond acceptors (Lipinski definition) is 2. The fourth-order valence-electron chi connectivity index (χ4n) is 1.65. The molecule has 2 rings (SSSR count). The molecule has 80 valence electrons. The minimum Gasteiger partial charge on any atom is -0.310 e. The van der Waals surface area contributed by atoms with Crippen molar-refractivity contribution in [1.82, 2.24) is 5.32 Å². The van der Waals surface area contributed by atoms with Crippen LogP contribution in [0.15, 0.2) is 24.3 Å². The van der Waals surface area contributed by atoms with Crippen molar-refractivity contribution in [1.29, 1.82) is 0 Å². The van der Waals surface area contributed by atoms with Gasteiger partial charge in [0.25, 0.3) is 0 Å². The lowest BCUT2D eigenvalue weighted by atomic mass is 10.2. The van der Waals surface area contributed by atoms with Crippen LogP contribution in [0.4, 0.5) is 0 Å². The molecule has 1 N–H and O–H groups in total. The highest BCUT2D eigenvalue weighted by Gasteiger charge is 2.03. The number of benzene rings is 1. The molecule has 15 heavy (non-hydrogen) atoms. The van der Waals surface area contributed by atoms with Crippen molar-refractivity contribution in [3.63, 3.8) is 0 Å². The lowest BCUT2D eigenvalue weighted by molar-refractivity contribution is 0.593.